The number of carbonyl (C=O) groups excluding carboxylic acids is 1. The van der Waals surface area contributed by atoms with E-state index < -0.39 is 0 Å². The average Bonchev–Trinajstić information content (AvgIpc) is 3.13. The van der Waals surface area contributed by atoms with Gasteiger partial charge in [-0.1, -0.05) is 60.2 Å². The van der Waals surface area contributed by atoms with Gasteiger partial charge in [0.1, 0.15) is 5.75 Å². The summed E-state index contributed by atoms with van der Waals surface area (Å²) in [5.41, 5.74) is 8.12. The van der Waals surface area contributed by atoms with E-state index in [4.69, 9.17) is 4.74 Å². The lowest BCUT2D eigenvalue weighted by molar-refractivity contribution is -0.120. The smallest absolute Gasteiger partial charge is 0.244 e. The third kappa shape index (κ3) is 5.01. The lowest BCUT2D eigenvalue weighted by Gasteiger charge is -2.06. The molecule has 31 heavy (non-hydrogen) atoms. The summed E-state index contributed by atoms with van der Waals surface area (Å²) in [6.45, 7) is 2.87. The molecule has 5 heteroatoms. The van der Waals surface area contributed by atoms with Gasteiger partial charge in [-0.25, -0.2) is 5.43 Å². The number of nitrogens with zero attached hydrogens (tertiary/aromatic N) is 2. The van der Waals surface area contributed by atoms with Crippen molar-refractivity contribution < 1.29 is 9.53 Å². The number of amides is 1. The fourth-order valence-corrected chi connectivity index (χ4v) is 3.54. The van der Waals surface area contributed by atoms with E-state index >= 15 is 0 Å². The molecule has 0 fully saturated rings. The Morgan fingerprint density at radius 3 is 2.45 bits per heavy atom. The summed E-state index contributed by atoms with van der Waals surface area (Å²) in [6, 6.07) is 24.2. The molecule has 0 saturated carbocycles. The van der Waals surface area contributed by atoms with Gasteiger partial charge in [0.05, 0.1) is 19.7 Å². The predicted octanol–water partition coefficient (Wildman–Crippen LogP) is 4.70. The molecule has 5 nitrogen and oxygen atoms in total. The first-order chi connectivity index (χ1) is 15.1. The fourth-order valence-electron chi connectivity index (χ4n) is 3.54. The summed E-state index contributed by atoms with van der Waals surface area (Å²) >= 11 is 0. The summed E-state index contributed by atoms with van der Waals surface area (Å²) in [5, 5.41) is 5.29. The zero-order chi connectivity index (χ0) is 21.6. The van der Waals surface area contributed by atoms with Crippen molar-refractivity contribution in [3.8, 4) is 5.75 Å². The third-order valence-corrected chi connectivity index (χ3v) is 5.21. The molecular weight excluding hydrogens is 386 g/mol. The minimum atomic E-state index is -0.162. The van der Waals surface area contributed by atoms with E-state index in [1.54, 1.807) is 13.3 Å². The van der Waals surface area contributed by atoms with E-state index in [1.165, 1.54) is 11.1 Å². The fraction of sp³-hybridized carbons (Fsp3) is 0.154. The molecule has 0 aliphatic rings. The van der Waals surface area contributed by atoms with Gasteiger partial charge in [-0.15, -0.1) is 0 Å². The van der Waals surface area contributed by atoms with Gasteiger partial charge in [0.15, 0.2) is 0 Å². The number of nitrogens with one attached hydrogen (secondary N) is 1. The van der Waals surface area contributed by atoms with Crippen LogP contribution in [0, 0.1) is 6.92 Å². The number of hydrogen-bond acceptors (Lipinski definition) is 3. The number of carbonyl (C=O) groups is 1. The molecule has 3 aromatic carbocycles. The quantitative estimate of drug-likeness (QED) is 0.354. The van der Waals surface area contributed by atoms with Gasteiger partial charge in [-0.2, -0.15) is 5.10 Å². The van der Waals surface area contributed by atoms with Crippen LogP contribution in [-0.4, -0.2) is 23.8 Å². The number of rotatable bonds is 7. The van der Waals surface area contributed by atoms with Gasteiger partial charge in [0.25, 0.3) is 0 Å². The molecule has 0 unspecified atom stereocenters. The SMILES string of the molecule is COc1ccc(CC(=O)N/N=C\c2cn(Cc3ccc(C)cc3)c3ccccc23)cc1. The van der Waals surface area contributed by atoms with Gasteiger partial charge < -0.3 is 9.30 Å². The van der Waals surface area contributed by atoms with Gasteiger partial charge in [-0.05, 0) is 36.2 Å². The van der Waals surface area contributed by atoms with Crippen LogP contribution in [0.5, 0.6) is 5.75 Å². The maximum Gasteiger partial charge on any atom is 0.244 e. The van der Waals surface area contributed by atoms with E-state index in [2.05, 4.69) is 64.6 Å². The van der Waals surface area contributed by atoms with Crippen LogP contribution < -0.4 is 10.2 Å². The zero-order valence-electron chi connectivity index (χ0n) is 17.7. The van der Waals surface area contributed by atoms with Crippen molar-refractivity contribution in [3.05, 3.63) is 101 Å². The lowest BCUT2D eigenvalue weighted by atomic mass is 10.1. The van der Waals surface area contributed by atoms with Crippen LogP contribution in [-0.2, 0) is 17.8 Å². The Balaban J connectivity index is 1.46. The first kappa shape index (κ1) is 20.4. The molecule has 0 bridgehead atoms. The number of ether oxygens (including phenoxy) is 1. The highest BCUT2D eigenvalue weighted by Crippen LogP contribution is 2.21. The second-order valence-corrected chi connectivity index (χ2v) is 7.53. The summed E-state index contributed by atoms with van der Waals surface area (Å²) in [7, 11) is 1.62. The molecule has 4 aromatic rings. The average molecular weight is 412 g/mol. The van der Waals surface area contributed by atoms with Crippen LogP contribution in [0.25, 0.3) is 10.9 Å². The number of aryl methyl sites for hydroxylation is 1. The summed E-state index contributed by atoms with van der Waals surface area (Å²) in [6.07, 6.45) is 4.04. The maximum absolute atomic E-state index is 12.2. The molecule has 0 spiro atoms. The summed E-state index contributed by atoms with van der Waals surface area (Å²) in [4.78, 5) is 12.2. The van der Waals surface area contributed by atoms with Crippen molar-refractivity contribution in [1.29, 1.82) is 0 Å². The topological polar surface area (TPSA) is 55.6 Å². The van der Waals surface area contributed by atoms with E-state index in [-0.39, 0.29) is 12.3 Å². The molecule has 4 rings (SSSR count). The van der Waals surface area contributed by atoms with Gasteiger partial charge in [0.2, 0.25) is 5.91 Å². The third-order valence-electron chi connectivity index (χ3n) is 5.21. The number of fused-ring (bicyclic) bond motifs is 1. The van der Waals surface area contributed by atoms with Crippen LogP contribution in [0.1, 0.15) is 22.3 Å². The van der Waals surface area contributed by atoms with E-state index in [0.29, 0.717) is 0 Å². The molecular formula is C26H25N3O2. The van der Waals surface area contributed by atoms with Crippen LogP contribution in [0.2, 0.25) is 0 Å². The molecule has 0 radical (unpaired) electrons. The van der Waals surface area contributed by atoms with E-state index in [1.807, 2.05) is 36.4 Å². The number of hydrogen-bond donors (Lipinski definition) is 1. The number of benzene rings is 3. The molecule has 1 amide bonds. The molecule has 0 aliphatic carbocycles. The predicted molar refractivity (Wildman–Crippen MR) is 125 cm³/mol. The molecule has 1 heterocycles. The summed E-state index contributed by atoms with van der Waals surface area (Å²) < 4.78 is 7.35. The van der Waals surface area contributed by atoms with Crippen LogP contribution in [0.15, 0.2) is 84.1 Å². The van der Waals surface area contributed by atoms with Gasteiger partial charge in [0, 0.05) is 29.2 Å². The Bertz CT molecular complexity index is 1210. The highest BCUT2D eigenvalue weighted by molar-refractivity contribution is 5.99. The standard InChI is InChI=1S/C26H25N3O2/c1-19-7-9-21(10-8-19)17-29-18-22(24-5-3-4-6-25(24)29)16-27-28-26(30)15-20-11-13-23(31-2)14-12-20/h3-14,16,18H,15,17H2,1-2H3,(H,28,30)/b27-16-. The number of aromatic nitrogens is 1. The van der Waals surface area contributed by atoms with E-state index in [0.717, 1.165) is 34.3 Å². The van der Waals surface area contributed by atoms with Crippen molar-refractivity contribution in [2.45, 2.75) is 19.9 Å². The Hall–Kier alpha value is -3.86. The van der Waals surface area contributed by atoms with Crippen molar-refractivity contribution >= 4 is 23.0 Å². The highest BCUT2D eigenvalue weighted by Gasteiger charge is 2.08. The second-order valence-electron chi connectivity index (χ2n) is 7.53. The Kier molecular flexibility index (Phi) is 6.13. The van der Waals surface area contributed by atoms with Crippen LogP contribution >= 0.6 is 0 Å². The summed E-state index contributed by atoms with van der Waals surface area (Å²) in [5.74, 6) is 0.606. The highest BCUT2D eigenvalue weighted by atomic mass is 16.5. The molecule has 156 valence electrons. The Morgan fingerprint density at radius 2 is 1.71 bits per heavy atom. The molecule has 0 aliphatic heterocycles. The van der Waals surface area contributed by atoms with Crippen LogP contribution in [0.4, 0.5) is 0 Å². The minimum absolute atomic E-state index is 0.162. The van der Waals surface area contributed by atoms with Crippen molar-refractivity contribution in [2.75, 3.05) is 7.11 Å². The number of hydrazone groups is 1. The van der Waals surface area contributed by atoms with Gasteiger partial charge in [-0.3, -0.25) is 4.79 Å². The maximum atomic E-state index is 12.2. The molecule has 0 saturated heterocycles. The monoisotopic (exact) mass is 411 g/mol. The zero-order valence-corrected chi connectivity index (χ0v) is 17.7. The van der Waals surface area contributed by atoms with Crippen molar-refractivity contribution in [1.82, 2.24) is 9.99 Å². The Morgan fingerprint density at radius 1 is 1.00 bits per heavy atom. The molecule has 1 aromatic heterocycles. The first-order valence-corrected chi connectivity index (χ1v) is 10.2. The number of para-hydroxylation sites is 1. The lowest BCUT2D eigenvalue weighted by Crippen LogP contribution is -2.19. The normalized spacial score (nSPS) is 11.2. The minimum Gasteiger partial charge on any atom is -0.497 e. The van der Waals surface area contributed by atoms with Crippen molar-refractivity contribution in [2.24, 2.45) is 5.10 Å². The van der Waals surface area contributed by atoms with Gasteiger partial charge >= 0.3 is 0 Å². The largest absolute Gasteiger partial charge is 0.497 e. The van der Waals surface area contributed by atoms with E-state index in [9.17, 15) is 4.79 Å². The first-order valence-electron chi connectivity index (χ1n) is 10.2. The molecule has 1 N–H and O–H groups in total. The number of methoxy groups -OCH3 is 1. The second kappa shape index (κ2) is 9.30. The molecule has 0 atom stereocenters. The van der Waals surface area contributed by atoms with Crippen LogP contribution in [0.3, 0.4) is 0 Å². The Labute approximate surface area is 182 Å². The van der Waals surface area contributed by atoms with Crippen molar-refractivity contribution in [3.63, 3.8) is 0 Å².